The molecule has 2 bridgehead atoms. The number of rotatable bonds is 3. The van der Waals surface area contributed by atoms with Gasteiger partial charge in [0.2, 0.25) is 10.0 Å². The number of sulfone groups is 1. The minimum absolute atomic E-state index is 0. The van der Waals surface area contributed by atoms with E-state index in [9.17, 15) is 21.2 Å². The van der Waals surface area contributed by atoms with E-state index in [2.05, 4.69) is 5.32 Å². The molecule has 0 radical (unpaired) electrons. The lowest BCUT2D eigenvalue weighted by atomic mass is 10.1. The zero-order chi connectivity index (χ0) is 16.8. The van der Waals surface area contributed by atoms with Crippen LogP contribution in [0.4, 0.5) is 4.39 Å². The normalized spacial score (nSPS) is 25.1. The van der Waals surface area contributed by atoms with Gasteiger partial charge in [-0.2, -0.15) is 4.31 Å². The second-order valence-corrected chi connectivity index (χ2v) is 10.1. The molecule has 2 saturated heterocycles. The molecule has 0 spiro atoms. The first-order valence-corrected chi connectivity index (χ1v) is 10.8. The second kappa shape index (κ2) is 6.87. The summed E-state index contributed by atoms with van der Waals surface area (Å²) in [6, 6.07) is 3.43. The lowest BCUT2D eigenvalue weighted by Gasteiger charge is -2.23. The number of halogens is 2. The van der Waals surface area contributed by atoms with Crippen molar-refractivity contribution in [1.29, 1.82) is 0 Å². The van der Waals surface area contributed by atoms with E-state index in [1.54, 1.807) is 0 Å². The molecule has 0 aliphatic carbocycles. The second-order valence-electron chi connectivity index (χ2n) is 6.15. The lowest BCUT2D eigenvalue weighted by Crippen LogP contribution is -2.39. The first-order chi connectivity index (χ1) is 10.7. The number of hydrogen-bond acceptors (Lipinski definition) is 5. The molecular formula is C14H20ClFN2O4S2. The molecule has 1 aromatic carbocycles. The highest BCUT2D eigenvalue weighted by Crippen LogP contribution is 2.26. The van der Waals surface area contributed by atoms with Crippen LogP contribution >= 0.6 is 12.4 Å². The van der Waals surface area contributed by atoms with Crippen molar-refractivity contribution in [1.82, 2.24) is 9.62 Å². The molecule has 2 atom stereocenters. The minimum atomic E-state index is -3.83. The van der Waals surface area contributed by atoms with Gasteiger partial charge in [0.1, 0.15) is 10.7 Å². The van der Waals surface area contributed by atoms with Crippen LogP contribution in [-0.4, -0.2) is 52.6 Å². The fraction of sp³-hybridized carbons (Fsp3) is 0.571. The third kappa shape index (κ3) is 3.75. The Kier molecular flexibility index (Phi) is 5.61. The van der Waals surface area contributed by atoms with Crippen molar-refractivity contribution >= 4 is 32.3 Å². The fourth-order valence-electron chi connectivity index (χ4n) is 3.22. The van der Waals surface area contributed by atoms with Gasteiger partial charge in [0, 0.05) is 31.4 Å². The van der Waals surface area contributed by atoms with E-state index in [-0.39, 0.29) is 23.3 Å². The highest BCUT2D eigenvalue weighted by atomic mass is 35.5. The van der Waals surface area contributed by atoms with Gasteiger partial charge in [-0.25, -0.2) is 21.2 Å². The largest absolute Gasteiger partial charge is 0.310 e. The minimum Gasteiger partial charge on any atom is -0.310 e. The fourth-order valence-corrected chi connectivity index (χ4v) is 5.46. The molecule has 2 aliphatic rings. The van der Waals surface area contributed by atoms with Crippen molar-refractivity contribution < 1.29 is 21.2 Å². The summed E-state index contributed by atoms with van der Waals surface area (Å²) in [5, 5.41) is 3.39. The summed E-state index contributed by atoms with van der Waals surface area (Å²) >= 11 is 0. The molecule has 0 saturated carbocycles. The lowest BCUT2D eigenvalue weighted by molar-refractivity contribution is 0.383. The quantitative estimate of drug-likeness (QED) is 0.826. The number of benzene rings is 1. The van der Waals surface area contributed by atoms with Crippen molar-refractivity contribution in [2.75, 3.05) is 19.3 Å². The highest BCUT2D eigenvalue weighted by molar-refractivity contribution is 7.90. The van der Waals surface area contributed by atoms with Gasteiger partial charge in [0.05, 0.1) is 4.90 Å². The molecule has 3 rings (SSSR count). The number of nitrogens with one attached hydrogen (secondary N) is 1. The SMILES string of the molecule is CS(=O)(=O)c1ccc(S(=O)(=O)N2CCC3CCC(C2)N3)cc1F.Cl. The van der Waals surface area contributed by atoms with Gasteiger partial charge in [-0.3, -0.25) is 0 Å². The average Bonchev–Trinajstić information content (AvgIpc) is 2.76. The first-order valence-electron chi connectivity index (χ1n) is 7.44. The van der Waals surface area contributed by atoms with Gasteiger partial charge < -0.3 is 5.32 Å². The van der Waals surface area contributed by atoms with Gasteiger partial charge in [-0.05, 0) is 37.5 Å². The Balaban J connectivity index is 0.00000208. The van der Waals surface area contributed by atoms with E-state index in [4.69, 9.17) is 0 Å². The molecule has 0 aromatic heterocycles. The van der Waals surface area contributed by atoms with Gasteiger partial charge >= 0.3 is 0 Å². The number of nitrogens with zero attached hydrogens (tertiary/aromatic N) is 1. The van der Waals surface area contributed by atoms with E-state index in [0.717, 1.165) is 43.7 Å². The molecule has 2 aliphatic heterocycles. The van der Waals surface area contributed by atoms with E-state index in [1.807, 2.05) is 0 Å². The number of hydrogen-bond donors (Lipinski definition) is 1. The van der Waals surface area contributed by atoms with Crippen molar-refractivity contribution in [2.45, 2.75) is 41.1 Å². The molecule has 2 fully saturated rings. The number of fused-ring (bicyclic) bond motifs is 2. The van der Waals surface area contributed by atoms with Crippen LogP contribution in [0.1, 0.15) is 19.3 Å². The Morgan fingerprint density at radius 3 is 2.42 bits per heavy atom. The molecule has 6 nitrogen and oxygen atoms in total. The molecule has 1 aromatic rings. The summed E-state index contributed by atoms with van der Waals surface area (Å²) in [5.41, 5.74) is 0. The van der Waals surface area contributed by atoms with Crippen molar-refractivity contribution in [3.8, 4) is 0 Å². The van der Waals surface area contributed by atoms with Crippen molar-refractivity contribution in [2.24, 2.45) is 0 Å². The zero-order valence-corrected chi connectivity index (χ0v) is 15.6. The first kappa shape index (κ1) is 19.6. The molecule has 1 N–H and O–H groups in total. The van der Waals surface area contributed by atoms with Crippen LogP contribution in [0.2, 0.25) is 0 Å². The Hall–Kier alpha value is -0.740. The monoisotopic (exact) mass is 398 g/mol. The van der Waals surface area contributed by atoms with E-state index in [1.165, 1.54) is 4.31 Å². The summed E-state index contributed by atoms with van der Waals surface area (Å²) < 4.78 is 63.7. The van der Waals surface area contributed by atoms with Gasteiger partial charge in [0.25, 0.3) is 0 Å². The van der Waals surface area contributed by atoms with Crippen molar-refractivity contribution in [3.05, 3.63) is 24.0 Å². The zero-order valence-electron chi connectivity index (χ0n) is 13.1. The van der Waals surface area contributed by atoms with Crippen LogP contribution in [0.15, 0.2) is 28.0 Å². The standard InChI is InChI=1S/C14H19FN2O4S2.ClH/c1-22(18,19)14-5-4-12(8-13(14)15)23(20,21)17-7-6-10-2-3-11(9-17)16-10;/h4-5,8,10-11,16H,2-3,6-7,9H2,1H3;1H. The maximum Gasteiger partial charge on any atom is 0.243 e. The summed E-state index contributed by atoms with van der Waals surface area (Å²) in [4.78, 5) is -0.701. The molecule has 2 unspecified atom stereocenters. The number of sulfonamides is 1. The van der Waals surface area contributed by atoms with Gasteiger partial charge in [0.15, 0.2) is 9.84 Å². The Morgan fingerprint density at radius 1 is 1.12 bits per heavy atom. The Morgan fingerprint density at radius 2 is 1.79 bits per heavy atom. The van der Waals surface area contributed by atoms with E-state index >= 15 is 0 Å². The van der Waals surface area contributed by atoms with Crippen LogP contribution in [0, 0.1) is 5.82 Å². The highest BCUT2D eigenvalue weighted by Gasteiger charge is 2.35. The van der Waals surface area contributed by atoms with E-state index in [0.29, 0.717) is 19.1 Å². The summed E-state index contributed by atoms with van der Waals surface area (Å²) in [5.74, 6) is -1.04. The molecular weight excluding hydrogens is 379 g/mol. The third-order valence-corrected chi connectivity index (χ3v) is 7.42. The Bertz CT molecular complexity index is 829. The molecule has 24 heavy (non-hydrogen) atoms. The van der Waals surface area contributed by atoms with Crippen LogP contribution in [0.3, 0.4) is 0 Å². The maximum absolute atomic E-state index is 14.0. The molecule has 2 heterocycles. The predicted octanol–water partition coefficient (Wildman–Crippen LogP) is 1.17. The van der Waals surface area contributed by atoms with E-state index < -0.39 is 30.6 Å². The third-order valence-electron chi connectivity index (χ3n) is 4.43. The van der Waals surface area contributed by atoms with Crippen LogP contribution in [0.25, 0.3) is 0 Å². The Labute approximate surface area is 147 Å². The topological polar surface area (TPSA) is 83.5 Å². The maximum atomic E-state index is 14.0. The predicted molar refractivity (Wildman–Crippen MR) is 90.1 cm³/mol. The summed E-state index contributed by atoms with van der Waals surface area (Å²) in [6.07, 6.45) is 3.59. The van der Waals surface area contributed by atoms with Crippen LogP contribution < -0.4 is 5.32 Å². The molecule has 10 heteroatoms. The molecule has 0 amide bonds. The van der Waals surface area contributed by atoms with Gasteiger partial charge in [-0.1, -0.05) is 0 Å². The summed E-state index contributed by atoms with van der Waals surface area (Å²) in [6.45, 7) is 0.736. The van der Waals surface area contributed by atoms with Gasteiger partial charge in [-0.15, -0.1) is 12.4 Å². The molecule has 136 valence electrons. The van der Waals surface area contributed by atoms with Crippen LogP contribution in [0.5, 0.6) is 0 Å². The van der Waals surface area contributed by atoms with Crippen LogP contribution in [-0.2, 0) is 19.9 Å². The smallest absolute Gasteiger partial charge is 0.243 e. The summed E-state index contributed by atoms with van der Waals surface area (Å²) in [7, 11) is -7.56. The van der Waals surface area contributed by atoms with Crippen molar-refractivity contribution in [3.63, 3.8) is 0 Å². The average molecular weight is 399 g/mol.